The Hall–Kier alpha value is -3.72. The minimum Gasteiger partial charge on any atom is -0.258 e. The number of benzene rings is 4. The highest BCUT2D eigenvalue weighted by atomic mass is 15.3. The van der Waals surface area contributed by atoms with Crippen LogP contribution in [0, 0.1) is 0 Å². The number of hydrogen-bond donors (Lipinski definition) is 1. The van der Waals surface area contributed by atoms with Crippen molar-refractivity contribution in [3.8, 4) is 0 Å². The quantitative estimate of drug-likeness (QED) is 0.439. The van der Waals surface area contributed by atoms with E-state index in [1.54, 1.807) is 0 Å². The first-order valence-corrected chi connectivity index (χ1v) is 9.37. The van der Waals surface area contributed by atoms with Crippen LogP contribution in [0.15, 0.2) is 109 Å². The van der Waals surface area contributed by atoms with Crippen LogP contribution in [-0.4, -0.2) is 15.4 Å². The standard InChI is InChI=1S/C25H19N3/c1-4-11-19(12-5-1)25(20-13-6-2-7-14-20,21-15-8-3-9-16-21)22-17-10-18-23-24(22)27-28-26-23/h1-18H,(H,26,27,28). The minimum atomic E-state index is -0.500. The molecule has 0 aliphatic rings. The Morgan fingerprint density at radius 1 is 0.536 bits per heavy atom. The second-order valence-electron chi connectivity index (χ2n) is 6.86. The second-order valence-corrected chi connectivity index (χ2v) is 6.86. The molecule has 134 valence electrons. The maximum Gasteiger partial charge on any atom is 0.117 e. The number of nitrogens with zero attached hydrogens (tertiary/aromatic N) is 2. The Bertz CT molecular complexity index is 1100. The number of aromatic nitrogens is 3. The maximum absolute atomic E-state index is 4.46. The first kappa shape index (κ1) is 16.5. The van der Waals surface area contributed by atoms with Gasteiger partial charge in [0.05, 0.1) is 10.9 Å². The molecule has 0 fully saturated rings. The van der Waals surface area contributed by atoms with Gasteiger partial charge in [-0.15, -0.1) is 5.10 Å². The molecule has 0 saturated carbocycles. The van der Waals surface area contributed by atoms with Crippen LogP contribution >= 0.6 is 0 Å². The summed E-state index contributed by atoms with van der Waals surface area (Å²) in [7, 11) is 0. The summed E-state index contributed by atoms with van der Waals surface area (Å²) in [4.78, 5) is 0. The van der Waals surface area contributed by atoms with E-state index in [-0.39, 0.29) is 0 Å². The zero-order chi connectivity index (χ0) is 18.8. The molecule has 0 saturated heterocycles. The Morgan fingerprint density at radius 2 is 1.04 bits per heavy atom. The summed E-state index contributed by atoms with van der Waals surface area (Å²) in [5, 5.41) is 11.6. The van der Waals surface area contributed by atoms with E-state index >= 15 is 0 Å². The van der Waals surface area contributed by atoms with Crippen molar-refractivity contribution in [2.45, 2.75) is 5.41 Å². The van der Waals surface area contributed by atoms with Gasteiger partial charge in [0.2, 0.25) is 0 Å². The van der Waals surface area contributed by atoms with Crippen molar-refractivity contribution < 1.29 is 0 Å². The van der Waals surface area contributed by atoms with Crippen molar-refractivity contribution in [2.24, 2.45) is 0 Å². The number of aromatic amines is 1. The highest BCUT2D eigenvalue weighted by molar-refractivity contribution is 5.82. The normalized spacial score (nSPS) is 11.6. The molecule has 1 heterocycles. The lowest BCUT2D eigenvalue weighted by atomic mass is 9.65. The molecule has 0 bridgehead atoms. The van der Waals surface area contributed by atoms with Crippen molar-refractivity contribution in [1.82, 2.24) is 15.4 Å². The van der Waals surface area contributed by atoms with Crippen LogP contribution in [0.2, 0.25) is 0 Å². The van der Waals surface area contributed by atoms with Crippen molar-refractivity contribution in [1.29, 1.82) is 0 Å². The van der Waals surface area contributed by atoms with Gasteiger partial charge in [-0.3, -0.25) is 5.10 Å². The van der Waals surface area contributed by atoms with E-state index in [9.17, 15) is 0 Å². The molecule has 0 radical (unpaired) electrons. The van der Waals surface area contributed by atoms with Crippen molar-refractivity contribution in [3.63, 3.8) is 0 Å². The molecule has 5 rings (SSSR count). The average molecular weight is 361 g/mol. The van der Waals surface area contributed by atoms with Gasteiger partial charge < -0.3 is 0 Å². The minimum absolute atomic E-state index is 0.500. The lowest BCUT2D eigenvalue weighted by Gasteiger charge is -2.36. The Morgan fingerprint density at radius 3 is 1.54 bits per heavy atom. The van der Waals surface area contributed by atoms with Crippen LogP contribution in [0.25, 0.3) is 11.0 Å². The molecule has 0 spiro atoms. The Balaban J connectivity index is 1.98. The zero-order valence-electron chi connectivity index (χ0n) is 15.3. The van der Waals surface area contributed by atoms with Gasteiger partial charge >= 0.3 is 0 Å². The fourth-order valence-electron chi connectivity index (χ4n) is 4.20. The van der Waals surface area contributed by atoms with Gasteiger partial charge in [0.25, 0.3) is 0 Å². The molecule has 3 heteroatoms. The lowest BCUT2D eigenvalue weighted by molar-refractivity contribution is 0.749. The highest BCUT2D eigenvalue weighted by Crippen LogP contribution is 2.46. The summed E-state index contributed by atoms with van der Waals surface area (Å²) in [6.45, 7) is 0. The number of rotatable bonds is 4. The SMILES string of the molecule is c1ccc(C(c2ccccc2)(c2ccccc2)c2cccc3[nH]nnc23)cc1. The molecule has 0 unspecified atom stereocenters. The van der Waals surface area contributed by atoms with Crippen LogP contribution in [0.3, 0.4) is 0 Å². The van der Waals surface area contributed by atoms with Gasteiger partial charge in [-0.2, -0.15) is 0 Å². The molecule has 1 N–H and O–H groups in total. The molecule has 4 aromatic carbocycles. The molecule has 28 heavy (non-hydrogen) atoms. The van der Waals surface area contributed by atoms with Crippen molar-refractivity contribution >= 4 is 11.0 Å². The molecule has 0 atom stereocenters. The van der Waals surface area contributed by atoms with Crippen molar-refractivity contribution in [2.75, 3.05) is 0 Å². The molecule has 3 nitrogen and oxygen atoms in total. The third-order valence-corrected chi connectivity index (χ3v) is 5.38. The van der Waals surface area contributed by atoms with Crippen LogP contribution < -0.4 is 0 Å². The molecular weight excluding hydrogens is 342 g/mol. The van der Waals surface area contributed by atoms with Crippen LogP contribution in [0.1, 0.15) is 22.3 Å². The summed E-state index contributed by atoms with van der Waals surface area (Å²) in [5.41, 5.74) is 6.03. The third kappa shape index (κ3) is 2.44. The van der Waals surface area contributed by atoms with E-state index in [4.69, 9.17) is 0 Å². The van der Waals surface area contributed by atoms with Gasteiger partial charge in [-0.05, 0) is 22.8 Å². The van der Waals surface area contributed by atoms with Crippen LogP contribution in [0.4, 0.5) is 0 Å². The molecule has 0 aliphatic carbocycles. The van der Waals surface area contributed by atoms with E-state index in [1.807, 2.05) is 6.07 Å². The molecule has 1 aromatic heterocycles. The van der Waals surface area contributed by atoms with Gasteiger partial charge in [0.15, 0.2) is 0 Å². The molecule has 5 aromatic rings. The Kier molecular flexibility index (Phi) is 3.99. The summed E-state index contributed by atoms with van der Waals surface area (Å²) < 4.78 is 0. The number of fused-ring (bicyclic) bond motifs is 1. The summed E-state index contributed by atoms with van der Waals surface area (Å²) in [6, 6.07) is 38.2. The molecular formula is C25H19N3. The van der Waals surface area contributed by atoms with E-state index < -0.39 is 5.41 Å². The first-order valence-electron chi connectivity index (χ1n) is 9.37. The van der Waals surface area contributed by atoms with E-state index in [2.05, 4.69) is 119 Å². The van der Waals surface area contributed by atoms with Crippen LogP contribution in [-0.2, 0) is 5.41 Å². The third-order valence-electron chi connectivity index (χ3n) is 5.38. The number of nitrogens with one attached hydrogen (secondary N) is 1. The second kappa shape index (κ2) is 6.78. The summed E-state index contributed by atoms with van der Waals surface area (Å²) in [5.74, 6) is 0. The van der Waals surface area contributed by atoms with Crippen molar-refractivity contribution in [3.05, 3.63) is 131 Å². The molecule has 0 aliphatic heterocycles. The smallest absolute Gasteiger partial charge is 0.117 e. The fourth-order valence-corrected chi connectivity index (χ4v) is 4.20. The predicted octanol–water partition coefficient (Wildman–Crippen LogP) is 5.34. The van der Waals surface area contributed by atoms with E-state index in [0.717, 1.165) is 16.6 Å². The largest absolute Gasteiger partial charge is 0.258 e. The number of H-pyrrole nitrogens is 1. The number of hydrogen-bond acceptors (Lipinski definition) is 2. The lowest BCUT2D eigenvalue weighted by Crippen LogP contribution is -2.31. The average Bonchev–Trinajstić information content (AvgIpc) is 3.26. The first-order chi connectivity index (χ1) is 13.9. The van der Waals surface area contributed by atoms with E-state index in [0.29, 0.717) is 0 Å². The van der Waals surface area contributed by atoms with E-state index in [1.165, 1.54) is 16.7 Å². The van der Waals surface area contributed by atoms with Gasteiger partial charge in [-0.1, -0.05) is 108 Å². The topological polar surface area (TPSA) is 41.6 Å². The maximum atomic E-state index is 4.46. The van der Waals surface area contributed by atoms with Gasteiger partial charge in [-0.25, -0.2) is 0 Å². The zero-order valence-corrected chi connectivity index (χ0v) is 15.3. The highest BCUT2D eigenvalue weighted by Gasteiger charge is 2.40. The Labute approximate surface area is 163 Å². The summed E-state index contributed by atoms with van der Waals surface area (Å²) >= 11 is 0. The predicted molar refractivity (Wildman–Crippen MR) is 112 cm³/mol. The summed E-state index contributed by atoms with van der Waals surface area (Å²) in [6.07, 6.45) is 0. The fraction of sp³-hybridized carbons (Fsp3) is 0.0400. The molecule has 0 amide bonds. The van der Waals surface area contributed by atoms with Gasteiger partial charge in [0, 0.05) is 5.56 Å². The van der Waals surface area contributed by atoms with Gasteiger partial charge in [0.1, 0.15) is 5.52 Å². The monoisotopic (exact) mass is 361 g/mol. The van der Waals surface area contributed by atoms with Crippen LogP contribution in [0.5, 0.6) is 0 Å².